The van der Waals surface area contributed by atoms with E-state index >= 15 is 0 Å². The van der Waals surface area contributed by atoms with E-state index in [1.807, 2.05) is 31.2 Å². The lowest BCUT2D eigenvalue weighted by molar-refractivity contribution is 0.303. The topological polar surface area (TPSA) is 48.7 Å². The third kappa shape index (κ3) is 3.03. The quantitative estimate of drug-likeness (QED) is 0.714. The van der Waals surface area contributed by atoms with Gasteiger partial charge in [-0.05, 0) is 36.8 Å². The Balaban J connectivity index is 1.90. The Bertz CT molecular complexity index is 915. The maximum Gasteiger partial charge on any atom is 0.211 e. The fourth-order valence-corrected chi connectivity index (χ4v) is 2.52. The molecule has 0 aliphatic heterocycles. The van der Waals surface area contributed by atoms with Crippen molar-refractivity contribution in [1.82, 2.24) is 0 Å². The zero-order chi connectivity index (χ0) is 16.4. The lowest BCUT2D eigenvalue weighted by atomic mass is 10.1. The molecule has 0 fully saturated rings. The summed E-state index contributed by atoms with van der Waals surface area (Å²) in [6.07, 6.45) is 1.26. The highest BCUT2D eigenvalue weighted by molar-refractivity contribution is 6.30. The van der Waals surface area contributed by atoms with Gasteiger partial charge in [-0.25, -0.2) is 0 Å². The largest absolute Gasteiger partial charge is 0.497 e. The lowest BCUT2D eigenvalue weighted by Crippen LogP contribution is -2.03. The van der Waals surface area contributed by atoms with Gasteiger partial charge in [0.05, 0.1) is 12.5 Å². The second-order valence-corrected chi connectivity index (χ2v) is 5.53. The summed E-state index contributed by atoms with van der Waals surface area (Å²) in [6.45, 7) is 2.24. The minimum Gasteiger partial charge on any atom is -0.497 e. The number of hydrogen-bond donors (Lipinski definition) is 0. The second kappa shape index (κ2) is 6.34. The Kier molecular flexibility index (Phi) is 4.26. The van der Waals surface area contributed by atoms with Crippen LogP contribution >= 0.6 is 11.6 Å². The molecule has 0 unspecified atom stereocenters. The molecule has 0 N–H and O–H groups in total. The van der Waals surface area contributed by atoms with Gasteiger partial charge in [0.2, 0.25) is 5.43 Å². The molecular formula is C18H15ClO4. The predicted molar refractivity (Wildman–Crippen MR) is 89.6 cm³/mol. The third-order valence-corrected chi connectivity index (χ3v) is 3.89. The van der Waals surface area contributed by atoms with E-state index in [9.17, 15) is 4.79 Å². The molecular weight excluding hydrogens is 316 g/mol. The van der Waals surface area contributed by atoms with Crippen molar-refractivity contribution in [3.05, 3.63) is 69.0 Å². The van der Waals surface area contributed by atoms with Gasteiger partial charge in [0.15, 0.2) is 0 Å². The van der Waals surface area contributed by atoms with Crippen molar-refractivity contribution in [2.45, 2.75) is 13.5 Å². The summed E-state index contributed by atoms with van der Waals surface area (Å²) >= 11 is 5.80. The Morgan fingerprint density at radius 2 is 2.04 bits per heavy atom. The van der Waals surface area contributed by atoms with Gasteiger partial charge in [-0.2, -0.15) is 0 Å². The zero-order valence-corrected chi connectivity index (χ0v) is 13.5. The van der Waals surface area contributed by atoms with Gasteiger partial charge >= 0.3 is 0 Å². The van der Waals surface area contributed by atoms with Crippen molar-refractivity contribution in [3.8, 4) is 11.5 Å². The minimum absolute atomic E-state index is 0.0712. The van der Waals surface area contributed by atoms with Crippen molar-refractivity contribution in [1.29, 1.82) is 0 Å². The van der Waals surface area contributed by atoms with Crippen LogP contribution in [0.3, 0.4) is 0 Å². The van der Waals surface area contributed by atoms with Gasteiger partial charge in [-0.1, -0.05) is 23.7 Å². The summed E-state index contributed by atoms with van der Waals surface area (Å²) in [7, 11) is 1.63. The molecule has 0 atom stereocenters. The maximum absolute atomic E-state index is 12.0. The highest BCUT2D eigenvalue weighted by Gasteiger charge is 2.11. The Morgan fingerprint density at radius 1 is 1.22 bits per heavy atom. The first-order valence-electron chi connectivity index (χ1n) is 7.06. The van der Waals surface area contributed by atoms with E-state index in [2.05, 4.69) is 0 Å². The van der Waals surface area contributed by atoms with Crippen LogP contribution in [0.15, 0.2) is 51.9 Å². The lowest BCUT2D eigenvalue weighted by Gasteiger charge is -2.11. The maximum atomic E-state index is 12.0. The fourth-order valence-electron chi connectivity index (χ4n) is 2.38. The number of hydrogen-bond acceptors (Lipinski definition) is 4. The normalized spacial score (nSPS) is 10.7. The molecule has 0 saturated carbocycles. The molecule has 0 aliphatic rings. The van der Waals surface area contributed by atoms with E-state index in [0.29, 0.717) is 23.3 Å². The molecule has 0 spiro atoms. The molecule has 1 heterocycles. The van der Waals surface area contributed by atoms with Crippen LogP contribution in [0.2, 0.25) is 5.02 Å². The number of fused-ring (bicyclic) bond motifs is 1. The van der Waals surface area contributed by atoms with Crippen LogP contribution in [0.4, 0.5) is 0 Å². The molecule has 118 valence electrons. The van der Waals surface area contributed by atoms with E-state index < -0.39 is 0 Å². The third-order valence-electron chi connectivity index (χ3n) is 3.63. The number of aryl methyl sites for hydroxylation is 1. The summed E-state index contributed by atoms with van der Waals surface area (Å²) in [4.78, 5) is 12.0. The van der Waals surface area contributed by atoms with E-state index in [4.69, 9.17) is 25.5 Å². The van der Waals surface area contributed by atoms with Crippen LogP contribution in [0.1, 0.15) is 11.1 Å². The molecule has 1 aromatic heterocycles. The molecule has 0 bridgehead atoms. The number of benzene rings is 2. The van der Waals surface area contributed by atoms with Crippen LogP contribution < -0.4 is 14.9 Å². The average molecular weight is 331 g/mol. The molecule has 0 saturated heterocycles. The van der Waals surface area contributed by atoms with Gasteiger partial charge in [-0.3, -0.25) is 4.79 Å². The molecule has 5 heteroatoms. The molecule has 23 heavy (non-hydrogen) atoms. The van der Waals surface area contributed by atoms with Gasteiger partial charge < -0.3 is 13.9 Å². The number of methoxy groups -OCH3 is 1. The van der Waals surface area contributed by atoms with Crippen molar-refractivity contribution >= 4 is 22.6 Å². The first-order valence-corrected chi connectivity index (χ1v) is 7.44. The predicted octanol–water partition coefficient (Wildman–Crippen LogP) is 4.34. The van der Waals surface area contributed by atoms with Crippen LogP contribution in [0.25, 0.3) is 11.0 Å². The second-order valence-electron chi connectivity index (χ2n) is 5.12. The van der Waals surface area contributed by atoms with Crippen molar-refractivity contribution in [2.24, 2.45) is 0 Å². The number of rotatable bonds is 4. The highest BCUT2D eigenvalue weighted by atomic mass is 35.5. The van der Waals surface area contributed by atoms with E-state index in [1.54, 1.807) is 19.2 Å². The smallest absolute Gasteiger partial charge is 0.211 e. The summed E-state index contributed by atoms with van der Waals surface area (Å²) in [5.41, 5.74) is 2.00. The summed E-state index contributed by atoms with van der Waals surface area (Å²) < 4.78 is 16.5. The van der Waals surface area contributed by atoms with Crippen LogP contribution in [0, 0.1) is 6.92 Å². The Morgan fingerprint density at radius 3 is 2.83 bits per heavy atom. The van der Waals surface area contributed by atoms with Crippen LogP contribution in [-0.4, -0.2) is 7.11 Å². The molecule has 4 nitrogen and oxygen atoms in total. The molecule has 2 aromatic carbocycles. The van der Waals surface area contributed by atoms with Crippen molar-refractivity contribution in [3.63, 3.8) is 0 Å². The minimum atomic E-state index is -0.240. The average Bonchev–Trinajstić information content (AvgIpc) is 2.58. The van der Waals surface area contributed by atoms with Crippen LogP contribution in [0.5, 0.6) is 11.5 Å². The molecule has 0 radical (unpaired) electrons. The van der Waals surface area contributed by atoms with Crippen molar-refractivity contribution in [2.75, 3.05) is 7.11 Å². The molecule has 0 aliphatic carbocycles. The fraction of sp³-hybridized carbons (Fsp3) is 0.167. The molecule has 3 aromatic rings. The molecule has 3 rings (SSSR count). The van der Waals surface area contributed by atoms with E-state index in [-0.39, 0.29) is 10.5 Å². The first-order chi connectivity index (χ1) is 11.1. The SMILES string of the molecule is COc1cccc(COc2ccc3c(=O)c(Cl)coc3c2C)c1. The van der Waals surface area contributed by atoms with E-state index in [1.165, 1.54) is 6.26 Å². The Labute approximate surface area is 138 Å². The first kappa shape index (κ1) is 15.4. The number of ether oxygens (including phenoxy) is 2. The monoisotopic (exact) mass is 330 g/mol. The van der Waals surface area contributed by atoms with Gasteiger partial charge in [-0.15, -0.1) is 0 Å². The van der Waals surface area contributed by atoms with Crippen LogP contribution in [-0.2, 0) is 6.61 Å². The standard InChI is InChI=1S/C18H15ClO4/c1-11-16(22-9-12-4-3-5-13(8-12)21-2)7-6-14-17(20)15(19)10-23-18(11)14/h3-8,10H,9H2,1-2H3. The molecule has 0 amide bonds. The number of halogens is 1. The summed E-state index contributed by atoms with van der Waals surface area (Å²) in [5.74, 6) is 1.44. The summed E-state index contributed by atoms with van der Waals surface area (Å²) in [5, 5.41) is 0.519. The van der Waals surface area contributed by atoms with Gasteiger partial charge in [0, 0.05) is 5.56 Å². The van der Waals surface area contributed by atoms with E-state index in [0.717, 1.165) is 16.9 Å². The highest BCUT2D eigenvalue weighted by Crippen LogP contribution is 2.27. The summed E-state index contributed by atoms with van der Waals surface area (Å²) in [6, 6.07) is 11.1. The Hall–Kier alpha value is -2.46. The van der Waals surface area contributed by atoms with Gasteiger partial charge in [0.1, 0.15) is 35.0 Å². The van der Waals surface area contributed by atoms with Gasteiger partial charge in [0.25, 0.3) is 0 Å². The van der Waals surface area contributed by atoms with Crippen molar-refractivity contribution < 1.29 is 13.9 Å². The zero-order valence-electron chi connectivity index (χ0n) is 12.8.